The van der Waals surface area contributed by atoms with Gasteiger partial charge in [0, 0.05) is 17.1 Å². The third kappa shape index (κ3) is 1.57. The summed E-state index contributed by atoms with van der Waals surface area (Å²) in [6, 6.07) is 7.76. The van der Waals surface area contributed by atoms with Gasteiger partial charge >= 0.3 is 0 Å². The monoisotopic (exact) mass is 217 g/mol. The smallest absolute Gasteiger partial charge is 0.256 e. The molecule has 0 aliphatic heterocycles. The molecule has 4 nitrogen and oxygen atoms in total. The summed E-state index contributed by atoms with van der Waals surface area (Å²) in [5, 5.41) is 1.17. The van der Waals surface area contributed by atoms with Crippen LogP contribution < -0.4 is 11.3 Å². The largest absolute Gasteiger partial charge is 0.335 e. The van der Waals surface area contributed by atoms with E-state index in [-0.39, 0.29) is 11.9 Å². The van der Waals surface area contributed by atoms with Crippen molar-refractivity contribution in [2.45, 2.75) is 19.9 Å². The van der Waals surface area contributed by atoms with E-state index in [9.17, 15) is 4.79 Å². The predicted molar refractivity (Wildman–Crippen MR) is 63.7 cm³/mol. The van der Waals surface area contributed by atoms with E-state index in [0.29, 0.717) is 0 Å². The Morgan fingerprint density at radius 1 is 1.44 bits per heavy atom. The maximum absolute atomic E-state index is 11.5. The highest BCUT2D eigenvalue weighted by Gasteiger charge is 2.15. The summed E-state index contributed by atoms with van der Waals surface area (Å²) in [6.07, 6.45) is 1.91. The first-order valence-electron chi connectivity index (χ1n) is 5.21. The number of carbonyl (C=O) groups is 1. The molecule has 2 aromatic rings. The zero-order valence-electron chi connectivity index (χ0n) is 9.40. The number of benzene rings is 1. The van der Waals surface area contributed by atoms with E-state index in [0.717, 1.165) is 5.52 Å². The number of aromatic nitrogens is 1. The quantitative estimate of drug-likeness (QED) is 0.455. The standard InChI is InChI=1S/C12H15N3O/c1-8-4-3-5-11-10(8)6-7-15(11)9(2)12(16)14-13/h3-7,9H,13H2,1-2H3,(H,14,16). The highest BCUT2D eigenvalue weighted by Crippen LogP contribution is 2.22. The van der Waals surface area contributed by atoms with Crippen molar-refractivity contribution < 1.29 is 4.79 Å². The van der Waals surface area contributed by atoms with Crippen LogP contribution in [0.5, 0.6) is 0 Å². The number of nitrogens with two attached hydrogens (primary N) is 1. The van der Waals surface area contributed by atoms with E-state index in [4.69, 9.17) is 5.84 Å². The molecule has 0 spiro atoms. The lowest BCUT2D eigenvalue weighted by atomic mass is 10.1. The van der Waals surface area contributed by atoms with Crippen LogP contribution >= 0.6 is 0 Å². The van der Waals surface area contributed by atoms with Gasteiger partial charge in [-0.15, -0.1) is 0 Å². The average molecular weight is 217 g/mol. The van der Waals surface area contributed by atoms with Crippen LogP contribution in [-0.4, -0.2) is 10.5 Å². The molecule has 0 saturated carbocycles. The molecule has 1 unspecified atom stereocenters. The molecule has 0 saturated heterocycles. The summed E-state index contributed by atoms with van der Waals surface area (Å²) < 4.78 is 1.92. The average Bonchev–Trinajstić information content (AvgIpc) is 2.72. The first-order valence-corrected chi connectivity index (χ1v) is 5.21. The van der Waals surface area contributed by atoms with Crippen LogP contribution in [0.15, 0.2) is 30.5 Å². The van der Waals surface area contributed by atoms with E-state index in [2.05, 4.69) is 18.4 Å². The number of carbonyl (C=O) groups excluding carboxylic acids is 1. The number of nitrogens with zero attached hydrogens (tertiary/aromatic N) is 1. The molecule has 0 bridgehead atoms. The van der Waals surface area contributed by atoms with Crippen molar-refractivity contribution in [3.05, 3.63) is 36.0 Å². The molecule has 16 heavy (non-hydrogen) atoms. The molecule has 4 heteroatoms. The minimum atomic E-state index is -0.302. The van der Waals surface area contributed by atoms with Crippen molar-refractivity contribution in [3.63, 3.8) is 0 Å². The van der Waals surface area contributed by atoms with Crippen LogP contribution in [0.3, 0.4) is 0 Å². The van der Waals surface area contributed by atoms with Gasteiger partial charge in [0.1, 0.15) is 6.04 Å². The Kier molecular flexibility index (Phi) is 2.66. The van der Waals surface area contributed by atoms with E-state index < -0.39 is 0 Å². The molecule has 1 heterocycles. The number of hydrogen-bond acceptors (Lipinski definition) is 2. The predicted octanol–water partition coefficient (Wildman–Crippen LogP) is 1.50. The van der Waals surface area contributed by atoms with Crippen molar-refractivity contribution in [2.24, 2.45) is 5.84 Å². The van der Waals surface area contributed by atoms with Crippen LogP contribution in [0.25, 0.3) is 10.9 Å². The van der Waals surface area contributed by atoms with Gasteiger partial charge in [0.2, 0.25) is 0 Å². The maximum Gasteiger partial charge on any atom is 0.256 e. The lowest BCUT2D eigenvalue weighted by molar-refractivity contribution is -0.123. The summed E-state index contributed by atoms with van der Waals surface area (Å²) in [6.45, 7) is 3.88. The fraction of sp³-hybridized carbons (Fsp3) is 0.250. The maximum atomic E-state index is 11.5. The minimum Gasteiger partial charge on any atom is -0.335 e. The Balaban J connectivity index is 2.54. The molecule has 0 aliphatic carbocycles. The summed E-state index contributed by atoms with van der Waals surface area (Å²) in [7, 11) is 0. The molecule has 1 atom stereocenters. The van der Waals surface area contributed by atoms with Crippen LogP contribution in [0.2, 0.25) is 0 Å². The fourth-order valence-corrected chi connectivity index (χ4v) is 1.93. The van der Waals surface area contributed by atoms with E-state index in [1.165, 1.54) is 10.9 Å². The van der Waals surface area contributed by atoms with Gasteiger partial charge in [-0.1, -0.05) is 12.1 Å². The van der Waals surface area contributed by atoms with Gasteiger partial charge in [-0.2, -0.15) is 0 Å². The van der Waals surface area contributed by atoms with Gasteiger partial charge in [0.25, 0.3) is 5.91 Å². The van der Waals surface area contributed by atoms with E-state index >= 15 is 0 Å². The third-order valence-corrected chi connectivity index (χ3v) is 2.92. The second kappa shape index (κ2) is 3.98. The number of fused-ring (bicyclic) bond motifs is 1. The fourth-order valence-electron chi connectivity index (χ4n) is 1.93. The third-order valence-electron chi connectivity index (χ3n) is 2.92. The molecule has 0 radical (unpaired) electrons. The highest BCUT2D eigenvalue weighted by atomic mass is 16.2. The summed E-state index contributed by atoms with van der Waals surface area (Å²) in [5.74, 6) is 4.94. The Hall–Kier alpha value is -1.81. The Morgan fingerprint density at radius 3 is 2.88 bits per heavy atom. The van der Waals surface area contributed by atoms with Crippen molar-refractivity contribution in [3.8, 4) is 0 Å². The zero-order chi connectivity index (χ0) is 11.7. The van der Waals surface area contributed by atoms with E-state index in [1.807, 2.05) is 35.9 Å². The van der Waals surface area contributed by atoms with Crippen LogP contribution in [0.1, 0.15) is 18.5 Å². The van der Waals surface area contributed by atoms with Crippen molar-refractivity contribution in [2.75, 3.05) is 0 Å². The first kappa shape index (κ1) is 10.7. The Labute approximate surface area is 94.0 Å². The number of aryl methyl sites for hydroxylation is 1. The molecule has 1 amide bonds. The molecular formula is C12H15N3O. The number of hydrogen-bond donors (Lipinski definition) is 2. The summed E-state index contributed by atoms with van der Waals surface area (Å²) in [4.78, 5) is 11.5. The highest BCUT2D eigenvalue weighted by molar-refractivity contribution is 5.87. The molecule has 1 aromatic carbocycles. The van der Waals surface area contributed by atoms with Gasteiger partial charge in [-0.3, -0.25) is 10.2 Å². The van der Waals surface area contributed by atoms with Crippen LogP contribution in [-0.2, 0) is 4.79 Å². The Bertz CT molecular complexity index is 530. The summed E-state index contributed by atoms with van der Waals surface area (Å²) in [5.41, 5.74) is 4.43. The number of nitrogens with one attached hydrogen (secondary N) is 1. The van der Waals surface area contributed by atoms with Gasteiger partial charge in [0.15, 0.2) is 0 Å². The second-order valence-electron chi connectivity index (χ2n) is 3.92. The van der Waals surface area contributed by atoms with Crippen LogP contribution in [0.4, 0.5) is 0 Å². The minimum absolute atomic E-state index is 0.195. The van der Waals surface area contributed by atoms with Crippen molar-refractivity contribution >= 4 is 16.8 Å². The van der Waals surface area contributed by atoms with Gasteiger partial charge in [-0.25, -0.2) is 5.84 Å². The number of amides is 1. The van der Waals surface area contributed by atoms with Gasteiger partial charge in [-0.05, 0) is 31.5 Å². The molecule has 84 valence electrons. The van der Waals surface area contributed by atoms with Gasteiger partial charge < -0.3 is 4.57 Å². The molecule has 3 N–H and O–H groups in total. The van der Waals surface area contributed by atoms with Crippen molar-refractivity contribution in [1.82, 2.24) is 9.99 Å². The zero-order valence-corrected chi connectivity index (χ0v) is 9.40. The van der Waals surface area contributed by atoms with Gasteiger partial charge in [0.05, 0.1) is 0 Å². The van der Waals surface area contributed by atoms with Crippen LogP contribution in [0, 0.1) is 6.92 Å². The second-order valence-corrected chi connectivity index (χ2v) is 3.92. The molecule has 1 aromatic heterocycles. The number of hydrazine groups is 1. The molecular weight excluding hydrogens is 202 g/mol. The molecule has 2 rings (SSSR count). The van der Waals surface area contributed by atoms with Crippen molar-refractivity contribution in [1.29, 1.82) is 0 Å². The SMILES string of the molecule is Cc1cccc2c1ccn2C(C)C(=O)NN. The Morgan fingerprint density at radius 2 is 2.19 bits per heavy atom. The first-order chi connectivity index (χ1) is 7.65. The molecule has 0 fully saturated rings. The molecule has 0 aliphatic rings. The lowest BCUT2D eigenvalue weighted by Gasteiger charge is -2.13. The topological polar surface area (TPSA) is 60.0 Å². The summed E-state index contributed by atoms with van der Waals surface area (Å²) >= 11 is 0. The lowest BCUT2D eigenvalue weighted by Crippen LogP contribution is -2.35. The number of rotatable bonds is 2. The normalized spacial score (nSPS) is 12.7. The van der Waals surface area contributed by atoms with E-state index in [1.54, 1.807) is 0 Å².